The fraction of sp³-hybridized carbons (Fsp3) is 0.921. The highest BCUT2D eigenvalue weighted by Gasteiger charge is 2.23. The van der Waals surface area contributed by atoms with Crippen LogP contribution in [0.3, 0.4) is 0 Å². The smallest absolute Gasteiger partial charge is 0.328 e. The Bertz CT molecular complexity index is 653. The van der Waals surface area contributed by atoms with Crippen LogP contribution >= 0.6 is 0 Å². The normalized spacial score (nSPS) is 11.9. The fourth-order valence-electron chi connectivity index (χ4n) is 5.83. The molecular weight excluding hydrogens is 550 g/mol. The van der Waals surface area contributed by atoms with Crippen LogP contribution in [-0.4, -0.2) is 35.6 Å². The van der Waals surface area contributed by atoms with Gasteiger partial charge >= 0.3 is 11.9 Å². The van der Waals surface area contributed by atoms with Crippen molar-refractivity contribution in [3.05, 3.63) is 0 Å². The molecule has 2 N–H and O–H groups in total. The van der Waals surface area contributed by atoms with Crippen molar-refractivity contribution in [1.29, 1.82) is 0 Å². The van der Waals surface area contributed by atoms with Gasteiger partial charge in [-0.05, 0) is 19.3 Å². The number of hydrogen-bond donors (Lipinski definition) is 2. The number of amides is 1. The second-order valence-electron chi connectivity index (χ2n) is 13.2. The maximum absolute atomic E-state index is 12.6. The number of aliphatic carboxylic acids is 1. The predicted octanol–water partition coefficient (Wildman–Crippen LogP) is 11.2. The monoisotopic (exact) mass is 624 g/mol. The third-order valence-corrected chi connectivity index (χ3v) is 8.77. The van der Waals surface area contributed by atoms with Gasteiger partial charge in [0.2, 0.25) is 5.91 Å². The van der Waals surface area contributed by atoms with E-state index < -0.39 is 18.0 Å². The largest absolute Gasteiger partial charge is 0.481 e. The van der Waals surface area contributed by atoms with Gasteiger partial charge in [-0.15, -0.1) is 0 Å². The summed E-state index contributed by atoms with van der Waals surface area (Å²) in [5, 5.41) is 11.8. The zero-order valence-corrected chi connectivity index (χ0v) is 29.3. The third-order valence-electron chi connectivity index (χ3n) is 8.77. The van der Waals surface area contributed by atoms with Crippen molar-refractivity contribution in [2.24, 2.45) is 0 Å². The summed E-state index contributed by atoms with van der Waals surface area (Å²) in [6.45, 7) is 4.84. The SMILES string of the molecule is CCCCCCCCCCCCCCCCCCCCOC(=O)[C@H](CCC(=O)O)NC(=O)CCCCCCCCCCCC. The van der Waals surface area contributed by atoms with E-state index >= 15 is 0 Å². The number of esters is 1. The van der Waals surface area contributed by atoms with Crippen LogP contribution < -0.4 is 5.32 Å². The molecule has 0 aromatic heterocycles. The van der Waals surface area contributed by atoms with Gasteiger partial charge in [0.25, 0.3) is 0 Å². The van der Waals surface area contributed by atoms with E-state index in [-0.39, 0.29) is 18.7 Å². The first-order valence-electron chi connectivity index (χ1n) is 19.2. The predicted molar refractivity (Wildman–Crippen MR) is 185 cm³/mol. The molecule has 0 aromatic rings. The summed E-state index contributed by atoms with van der Waals surface area (Å²) in [6, 6.07) is -0.878. The highest BCUT2D eigenvalue weighted by atomic mass is 16.5. The van der Waals surface area contributed by atoms with Crippen LogP contribution in [0, 0.1) is 0 Å². The molecule has 0 saturated heterocycles. The van der Waals surface area contributed by atoms with Gasteiger partial charge in [0.15, 0.2) is 0 Å². The Morgan fingerprint density at radius 3 is 1.20 bits per heavy atom. The van der Waals surface area contributed by atoms with Crippen LogP contribution in [0.25, 0.3) is 0 Å². The summed E-state index contributed by atoms with van der Waals surface area (Å²) in [6.07, 6.45) is 35.8. The Morgan fingerprint density at radius 2 is 0.841 bits per heavy atom. The van der Waals surface area contributed by atoms with Crippen molar-refractivity contribution in [3.63, 3.8) is 0 Å². The summed E-state index contributed by atoms with van der Waals surface area (Å²) in [5.74, 6) is -1.67. The van der Waals surface area contributed by atoms with Gasteiger partial charge in [0.1, 0.15) is 6.04 Å². The van der Waals surface area contributed by atoms with Gasteiger partial charge in [-0.1, -0.05) is 181 Å². The highest BCUT2D eigenvalue weighted by Crippen LogP contribution is 2.15. The van der Waals surface area contributed by atoms with Crippen molar-refractivity contribution in [2.75, 3.05) is 6.61 Å². The fourth-order valence-corrected chi connectivity index (χ4v) is 5.83. The molecule has 1 atom stereocenters. The van der Waals surface area contributed by atoms with Gasteiger partial charge in [-0.3, -0.25) is 9.59 Å². The molecular formula is C38H73NO5. The summed E-state index contributed by atoms with van der Waals surface area (Å²) >= 11 is 0. The van der Waals surface area contributed by atoms with Crippen LogP contribution in [0.15, 0.2) is 0 Å². The lowest BCUT2D eigenvalue weighted by Crippen LogP contribution is -2.42. The zero-order chi connectivity index (χ0) is 32.4. The molecule has 1 amide bonds. The van der Waals surface area contributed by atoms with Crippen LogP contribution in [0.2, 0.25) is 0 Å². The van der Waals surface area contributed by atoms with Crippen molar-refractivity contribution in [1.82, 2.24) is 5.32 Å². The maximum atomic E-state index is 12.6. The minimum atomic E-state index is -0.977. The molecule has 0 radical (unpaired) electrons. The second kappa shape index (κ2) is 34.3. The molecule has 260 valence electrons. The average Bonchev–Trinajstić information content (AvgIpc) is 3.01. The molecule has 6 heteroatoms. The Labute approximate surface area is 272 Å². The molecule has 0 heterocycles. The number of carboxylic acid groups (broad SMARTS) is 1. The van der Waals surface area contributed by atoms with E-state index in [1.165, 1.54) is 141 Å². The first-order valence-corrected chi connectivity index (χ1v) is 19.2. The molecule has 44 heavy (non-hydrogen) atoms. The van der Waals surface area contributed by atoms with Gasteiger partial charge in [-0.2, -0.15) is 0 Å². The van der Waals surface area contributed by atoms with E-state index in [1.807, 2.05) is 0 Å². The summed E-state index contributed by atoms with van der Waals surface area (Å²) in [5.41, 5.74) is 0. The minimum absolute atomic E-state index is 0.0665. The van der Waals surface area contributed by atoms with E-state index in [0.717, 1.165) is 38.5 Å². The number of carbonyl (C=O) groups is 3. The van der Waals surface area contributed by atoms with Gasteiger partial charge in [0, 0.05) is 12.8 Å². The minimum Gasteiger partial charge on any atom is -0.481 e. The molecule has 0 aromatic carbocycles. The molecule has 0 fully saturated rings. The van der Waals surface area contributed by atoms with Crippen LogP contribution in [0.5, 0.6) is 0 Å². The van der Waals surface area contributed by atoms with Gasteiger partial charge in [0.05, 0.1) is 6.61 Å². The third kappa shape index (κ3) is 31.8. The lowest BCUT2D eigenvalue weighted by atomic mass is 10.0. The van der Waals surface area contributed by atoms with Crippen LogP contribution in [-0.2, 0) is 19.1 Å². The van der Waals surface area contributed by atoms with E-state index in [2.05, 4.69) is 19.2 Å². The summed E-state index contributed by atoms with van der Waals surface area (Å²) in [7, 11) is 0. The van der Waals surface area contributed by atoms with Gasteiger partial charge < -0.3 is 15.2 Å². The molecule has 0 aliphatic heterocycles. The maximum Gasteiger partial charge on any atom is 0.328 e. The molecule has 0 aliphatic carbocycles. The standard InChI is InChI=1S/C38H73NO5/c1-3-5-7-9-11-13-15-16-17-18-19-20-21-22-24-26-28-30-34-44-38(43)35(32-33-37(41)42)39-36(40)31-29-27-25-23-14-12-10-8-6-4-2/h35H,3-34H2,1-2H3,(H,39,40)(H,41,42)/t35-/m0/s1. The van der Waals surface area contributed by atoms with Crippen LogP contribution in [0.4, 0.5) is 0 Å². The topological polar surface area (TPSA) is 92.7 Å². The van der Waals surface area contributed by atoms with Crippen molar-refractivity contribution < 1.29 is 24.2 Å². The highest BCUT2D eigenvalue weighted by molar-refractivity contribution is 5.84. The van der Waals surface area contributed by atoms with E-state index in [4.69, 9.17) is 9.84 Å². The molecule has 0 rings (SSSR count). The van der Waals surface area contributed by atoms with Gasteiger partial charge in [-0.25, -0.2) is 4.79 Å². The first kappa shape index (κ1) is 42.4. The molecule has 0 unspecified atom stereocenters. The average molecular weight is 624 g/mol. The van der Waals surface area contributed by atoms with E-state index in [9.17, 15) is 14.4 Å². The number of ether oxygens (including phenoxy) is 1. The Kier molecular flexibility index (Phi) is 33.0. The van der Waals surface area contributed by atoms with Crippen molar-refractivity contribution >= 4 is 17.8 Å². The quantitative estimate of drug-likeness (QED) is 0.0541. The van der Waals surface area contributed by atoms with E-state index in [0.29, 0.717) is 13.0 Å². The molecule has 0 bridgehead atoms. The first-order chi connectivity index (χ1) is 21.5. The second-order valence-corrected chi connectivity index (χ2v) is 13.2. The number of rotatable bonds is 35. The molecule has 6 nitrogen and oxygen atoms in total. The lowest BCUT2D eigenvalue weighted by Gasteiger charge is -2.17. The molecule has 0 saturated carbocycles. The zero-order valence-electron chi connectivity index (χ0n) is 29.3. The summed E-state index contributed by atoms with van der Waals surface area (Å²) < 4.78 is 5.42. The van der Waals surface area contributed by atoms with Crippen LogP contribution in [0.1, 0.15) is 213 Å². The number of carboxylic acids is 1. The Hall–Kier alpha value is -1.59. The summed E-state index contributed by atoms with van der Waals surface area (Å²) in [4.78, 5) is 36.1. The number of hydrogen-bond acceptors (Lipinski definition) is 4. The Morgan fingerprint density at radius 1 is 0.500 bits per heavy atom. The Balaban J connectivity index is 3.78. The van der Waals surface area contributed by atoms with Crippen molar-refractivity contribution in [3.8, 4) is 0 Å². The van der Waals surface area contributed by atoms with Crippen molar-refractivity contribution in [2.45, 2.75) is 219 Å². The molecule has 0 spiro atoms. The number of unbranched alkanes of at least 4 members (excludes halogenated alkanes) is 26. The van der Waals surface area contributed by atoms with E-state index in [1.54, 1.807) is 0 Å². The lowest BCUT2D eigenvalue weighted by molar-refractivity contribution is -0.148. The number of nitrogens with one attached hydrogen (secondary N) is 1. The molecule has 0 aliphatic rings. The number of carbonyl (C=O) groups excluding carboxylic acids is 2.